The third kappa shape index (κ3) is 6.01. The lowest BCUT2D eigenvalue weighted by Crippen LogP contribution is -2.27. The van der Waals surface area contributed by atoms with Crippen LogP contribution in [-0.4, -0.2) is 23.3 Å². The van der Waals surface area contributed by atoms with Crippen molar-refractivity contribution in [1.29, 1.82) is 0 Å². The minimum Gasteiger partial charge on any atom is -0.441 e. The number of aromatic nitrogens is 1. The van der Waals surface area contributed by atoms with Crippen LogP contribution in [0.1, 0.15) is 42.1 Å². The molecule has 6 nitrogen and oxygen atoms in total. The highest BCUT2D eigenvalue weighted by atomic mass is 19.1. The Kier molecular flexibility index (Phi) is 7.18. The number of aryl methyl sites for hydroxylation is 2. The SMILES string of the molecule is Cc1cc(C(=O)NCC(C)C)ccc1NC(=O)CCc1ncc(-c2ccccc2F)o1. The van der Waals surface area contributed by atoms with E-state index in [1.165, 1.54) is 12.3 Å². The van der Waals surface area contributed by atoms with Crippen molar-refractivity contribution in [3.63, 3.8) is 0 Å². The molecule has 0 aliphatic heterocycles. The number of amides is 2. The summed E-state index contributed by atoms with van der Waals surface area (Å²) < 4.78 is 19.4. The zero-order valence-corrected chi connectivity index (χ0v) is 17.9. The van der Waals surface area contributed by atoms with Crippen LogP contribution >= 0.6 is 0 Å². The van der Waals surface area contributed by atoms with Gasteiger partial charge in [-0.3, -0.25) is 9.59 Å². The Morgan fingerprint density at radius 1 is 1.16 bits per heavy atom. The van der Waals surface area contributed by atoms with Gasteiger partial charge in [-0.25, -0.2) is 9.37 Å². The Morgan fingerprint density at radius 2 is 1.94 bits per heavy atom. The standard InChI is InChI=1S/C24H26FN3O3/c1-15(2)13-27-24(30)17-8-9-20(16(3)12-17)28-22(29)10-11-23-26-14-21(31-23)18-6-4-5-7-19(18)25/h4-9,12,14-15H,10-11,13H2,1-3H3,(H,27,30)(H,28,29). The van der Waals surface area contributed by atoms with Gasteiger partial charge in [0, 0.05) is 30.6 Å². The molecule has 3 aromatic rings. The number of oxazole rings is 1. The molecule has 2 N–H and O–H groups in total. The van der Waals surface area contributed by atoms with Crippen LogP contribution in [0.4, 0.5) is 10.1 Å². The zero-order chi connectivity index (χ0) is 22.4. The zero-order valence-electron chi connectivity index (χ0n) is 17.9. The van der Waals surface area contributed by atoms with Gasteiger partial charge in [-0.2, -0.15) is 0 Å². The van der Waals surface area contributed by atoms with Crippen molar-refractivity contribution in [3.05, 3.63) is 71.5 Å². The molecule has 0 atom stereocenters. The molecule has 2 amide bonds. The van der Waals surface area contributed by atoms with E-state index < -0.39 is 0 Å². The number of hydrogen-bond acceptors (Lipinski definition) is 4. The highest BCUT2D eigenvalue weighted by Gasteiger charge is 2.13. The van der Waals surface area contributed by atoms with E-state index in [0.29, 0.717) is 40.9 Å². The molecule has 31 heavy (non-hydrogen) atoms. The summed E-state index contributed by atoms with van der Waals surface area (Å²) in [4.78, 5) is 28.7. The molecule has 2 aromatic carbocycles. The van der Waals surface area contributed by atoms with Crippen LogP contribution in [-0.2, 0) is 11.2 Å². The van der Waals surface area contributed by atoms with Gasteiger partial charge in [-0.05, 0) is 48.7 Å². The Balaban J connectivity index is 1.55. The van der Waals surface area contributed by atoms with Crippen molar-refractivity contribution in [2.24, 2.45) is 5.92 Å². The smallest absolute Gasteiger partial charge is 0.251 e. The van der Waals surface area contributed by atoms with Gasteiger partial charge in [0.25, 0.3) is 5.91 Å². The van der Waals surface area contributed by atoms with E-state index in [4.69, 9.17) is 4.42 Å². The van der Waals surface area contributed by atoms with E-state index in [9.17, 15) is 14.0 Å². The third-order valence-electron chi connectivity index (χ3n) is 4.69. The molecule has 0 spiro atoms. The lowest BCUT2D eigenvalue weighted by molar-refractivity contribution is -0.116. The van der Waals surface area contributed by atoms with E-state index in [-0.39, 0.29) is 30.5 Å². The molecule has 0 fully saturated rings. The summed E-state index contributed by atoms with van der Waals surface area (Å²) in [6.45, 7) is 6.51. The summed E-state index contributed by atoms with van der Waals surface area (Å²) in [5.41, 5.74) is 2.32. The van der Waals surface area contributed by atoms with Gasteiger partial charge in [-0.1, -0.05) is 26.0 Å². The van der Waals surface area contributed by atoms with Crippen LogP contribution in [0.3, 0.4) is 0 Å². The first-order valence-corrected chi connectivity index (χ1v) is 10.2. The van der Waals surface area contributed by atoms with Crippen LogP contribution < -0.4 is 10.6 Å². The Morgan fingerprint density at radius 3 is 2.65 bits per heavy atom. The van der Waals surface area contributed by atoms with Crippen molar-refractivity contribution in [3.8, 4) is 11.3 Å². The van der Waals surface area contributed by atoms with Gasteiger partial charge in [0.05, 0.1) is 11.8 Å². The molecule has 7 heteroatoms. The number of hydrogen-bond donors (Lipinski definition) is 2. The largest absolute Gasteiger partial charge is 0.441 e. The van der Waals surface area contributed by atoms with Gasteiger partial charge in [0.2, 0.25) is 5.91 Å². The topological polar surface area (TPSA) is 84.2 Å². The summed E-state index contributed by atoms with van der Waals surface area (Å²) in [5.74, 6) is 0.336. The summed E-state index contributed by atoms with van der Waals surface area (Å²) in [6, 6.07) is 11.4. The fourth-order valence-electron chi connectivity index (χ4n) is 2.99. The summed E-state index contributed by atoms with van der Waals surface area (Å²) in [5, 5.41) is 5.72. The maximum atomic E-state index is 13.9. The first kappa shape index (κ1) is 22.2. The predicted molar refractivity (Wildman–Crippen MR) is 117 cm³/mol. The van der Waals surface area contributed by atoms with Crippen molar-refractivity contribution in [2.45, 2.75) is 33.6 Å². The summed E-state index contributed by atoms with van der Waals surface area (Å²) in [7, 11) is 0. The van der Waals surface area contributed by atoms with Crippen molar-refractivity contribution < 1.29 is 18.4 Å². The Labute approximate surface area is 180 Å². The second-order valence-corrected chi connectivity index (χ2v) is 7.78. The van der Waals surface area contributed by atoms with E-state index in [1.807, 2.05) is 20.8 Å². The summed E-state index contributed by atoms with van der Waals surface area (Å²) >= 11 is 0. The number of carbonyl (C=O) groups is 2. The number of anilines is 1. The van der Waals surface area contributed by atoms with Gasteiger partial charge in [-0.15, -0.1) is 0 Å². The first-order chi connectivity index (χ1) is 14.8. The molecule has 162 valence electrons. The van der Waals surface area contributed by atoms with Crippen molar-refractivity contribution >= 4 is 17.5 Å². The van der Waals surface area contributed by atoms with E-state index in [1.54, 1.807) is 36.4 Å². The molecule has 1 aromatic heterocycles. The van der Waals surface area contributed by atoms with E-state index in [2.05, 4.69) is 15.6 Å². The molecule has 0 radical (unpaired) electrons. The van der Waals surface area contributed by atoms with Crippen LogP contribution in [0.5, 0.6) is 0 Å². The molecule has 0 unspecified atom stereocenters. The molecule has 0 bridgehead atoms. The van der Waals surface area contributed by atoms with E-state index in [0.717, 1.165) is 5.56 Å². The highest BCUT2D eigenvalue weighted by molar-refractivity contribution is 5.96. The third-order valence-corrected chi connectivity index (χ3v) is 4.69. The van der Waals surface area contributed by atoms with Crippen LogP contribution in [0, 0.1) is 18.7 Å². The van der Waals surface area contributed by atoms with Gasteiger partial charge in [0.15, 0.2) is 11.7 Å². The van der Waals surface area contributed by atoms with Gasteiger partial charge < -0.3 is 15.1 Å². The number of carbonyl (C=O) groups excluding carboxylic acids is 2. The van der Waals surface area contributed by atoms with Crippen LogP contribution in [0.25, 0.3) is 11.3 Å². The van der Waals surface area contributed by atoms with Crippen molar-refractivity contribution in [2.75, 3.05) is 11.9 Å². The maximum Gasteiger partial charge on any atom is 0.251 e. The molecular formula is C24H26FN3O3. The fourth-order valence-corrected chi connectivity index (χ4v) is 2.99. The minimum absolute atomic E-state index is 0.135. The molecule has 0 saturated carbocycles. The molecule has 3 rings (SSSR count). The normalized spacial score (nSPS) is 10.9. The van der Waals surface area contributed by atoms with Crippen LogP contribution in [0.15, 0.2) is 53.1 Å². The minimum atomic E-state index is -0.389. The molecule has 1 heterocycles. The number of nitrogens with one attached hydrogen (secondary N) is 2. The second-order valence-electron chi connectivity index (χ2n) is 7.78. The molecular weight excluding hydrogens is 397 g/mol. The van der Waals surface area contributed by atoms with Crippen LogP contribution in [0.2, 0.25) is 0 Å². The van der Waals surface area contributed by atoms with Crippen molar-refractivity contribution in [1.82, 2.24) is 10.3 Å². The quantitative estimate of drug-likeness (QED) is 0.548. The fraction of sp³-hybridized carbons (Fsp3) is 0.292. The number of rotatable bonds is 8. The monoisotopic (exact) mass is 423 g/mol. The first-order valence-electron chi connectivity index (χ1n) is 10.2. The maximum absolute atomic E-state index is 13.9. The average Bonchev–Trinajstić information content (AvgIpc) is 3.21. The molecule has 0 aliphatic rings. The second kappa shape index (κ2) is 10.0. The lowest BCUT2D eigenvalue weighted by atomic mass is 10.1. The highest BCUT2D eigenvalue weighted by Crippen LogP contribution is 2.24. The predicted octanol–water partition coefficient (Wildman–Crippen LogP) is 4.75. The number of nitrogens with zero attached hydrogens (tertiary/aromatic N) is 1. The van der Waals surface area contributed by atoms with Gasteiger partial charge in [0.1, 0.15) is 5.82 Å². The Hall–Kier alpha value is -3.48. The Bertz CT molecular complexity index is 1080. The lowest BCUT2D eigenvalue weighted by Gasteiger charge is -2.11. The molecule has 0 saturated heterocycles. The summed E-state index contributed by atoms with van der Waals surface area (Å²) in [6.07, 6.45) is 1.90. The average molecular weight is 423 g/mol. The van der Waals surface area contributed by atoms with E-state index >= 15 is 0 Å². The number of benzene rings is 2. The number of halogens is 1. The van der Waals surface area contributed by atoms with Gasteiger partial charge >= 0.3 is 0 Å². The molecule has 0 aliphatic carbocycles.